The molecule has 2 rings (SSSR count). The van der Waals surface area contributed by atoms with Gasteiger partial charge in [0.05, 0.1) is 13.2 Å². The summed E-state index contributed by atoms with van der Waals surface area (Å²) in [4.78, 5) is 0. The van der Waals surface area contributed by atoms with E-state index in [9.17, 15) is 0 Å². The predicted molar refractivity (Wildman–Crippen MR) is 73.2 cm³/mol. The summed E-state index contributed by atoms with van der Waals surface area (Å²) in [5.74, 6) is 2.55. The van der Waals surface area contributed by atoms with Gasteiger partial charge in [-0.2, -0.15) is 0 Å². The van der Waals surface area contributed by atoms with Crippen LogP contribution in [0.1, 0.15) is 32.3 Å². The van der Waals surface area contributed by atoms with Crippen molar-refractivity contribution >= 4 is 0 Å². The second-order valence-electron chi connectivity index (χ2n) is 4.71. The topological polar surface area (TPSA) is 30.5 Å². The first kappa shape index (κ1) is 13.2. The Bertz CT molecular complexity index is 375. The van der Waals surface area contributed by atoms with Gasteiger partial charge in [-0.25, -0.2) is 0 Å². The van der Waals surface area contributed by atoms with Crippen LogP contribution in [0.25, 0.3) is 0 Å². The maximum absolute atomic E-state index is 5.98. The van der Waals surface area contributed by atoms with Crippen molar-refractivity contribution < 1.29 is 9.47 Å². The molecule has 0 spiro atoms. The highest BCUT2D eigenvalue weighted by molar-refractivity contribution is 5.46. The summed E-state index contributed by atoms with van der Waals surface area (Å²) in [6, 6.07) is 6.12. The molecule has 0 aliphatic heterocycles. The average molecular weight is 249 g/mol. The van der Waals surface area contributed by atoms with E-state index < -0.39 is 0 Å². The minimum atomic E-state index is 0.671. The van der Waals surface area contributed by atoms with Gasteiger partial charge >= 0.3 is 0 Å². The molecule has 1 aliphatic carbocycles. The van der Waals surface area contributed by atoms with Crippen molar-refractivity contribution in [2.24, 2.45) is 5.92 Å². The van der Waals surface area contributed by atoms with Gasteiger partial charge in [0.1, 0.15) is 0 Å². The third-order valence-corrected chi connectivity index (χ3v) is 3.09. The van der Waals surface area contributed by atoms with Gasteiger partial charge in [-0.05, 0) is 38.3 Å². The molecule has 0 unspecified atom stereocenters. The first-order valence-electron chi connectivity index (χ1n) is 6.93. The van der Waals surface area contributed by atoms with Crippen LogP contribution in [-0.2, 0) is 6.54 Å². The van der Waals surface area contributed by atoms with Crippen LogP contribution >= 0.6 is 0 Å². The molecule has 0 radical (unpaired) electrons. The van der Waals surface area contributed by atoms with Crippen molar-refractivity contribution in [2.75, 3.05) is 19.8 Å². The maximum atomic E-state index is 5.98. The second-order valence-corrected chi connectivity index (χ2v) is 4.71. The number of hydrogen-bond donors (Lipinski definition) is 1. The zero-order valence-electron chi connectivity index (χ0n) is 11.4. The Hall–Kier alpha value is -1.22. The van der Waals surface area contributed by atoms with E-state index in [1.54, 1.807) is 0 Å². The predicted octanol–water partition coefficient (Wildman–Crippen LogP) is 2.98. The molecule has 1 saturated carbocycles. The molecular weight excluding hydrogens is 226 g/mol. The van der Waals surface area contributed by atoms with E-state index in [2.05, 4.69) is 18.3 Å². The van der Waals surface area contributed by atoms with Crippen LogP contribution in [0.5, 0.6) is 11.5 Å². The number of ether oxygens (including phenoxy) is 2. The summed E-state index contributed by atoms with van der Waals surface area (Å²) < 4.78 is 11.6. The number of para-hydroxylation sites is 1. The lowest BCUT2D eigenvalue weighted by atomic mass is 10.2. The maximum Gasteiger partial charge on any atom is 0.165 e. The molecule has 1 fully saturated rings. The fourth-order valence-corrected chi connectivity index (χ4v) is 1.88. The van der Waals surface area contributed by atoms with Crippen LogP contribution in [0.4, 0.5) is 0 Å². The lowest BCUT2D eigenvalue weighted by molar-refractivity contribution is 0.264. The largest absolute Gasteiger partial charge is 0.490 e. The van der Waals surface area contributed by atoms with Gasteiger partial charge in [0.2, 0.25) is 0 Å². The Balaban J connectivity index is 2.10. The normalized spacial score (nSPS) is 14.6. The quantitative estimate of drug-likeness (QED) is 0.768. The van der Waals surface area contributed by atoms with Crippen molar-refractivity contribution in [3.8, 4) is 11.5 Å². The fraction of sp³-hybridized carbons (Fsp3) is 0.600. The summed E-state index contributed by atoms with van der Waals surface area (Å²) in [5, 5.41) is 3.34. The molecule has 3 nitrogen and oxygen atoms in total. The van der Waals surface area contributed by atoms with Crippen molar-refractivity contribution in [1.29, 1.82) is 0 Å². The van der Waals surface area contributed by atoms with Gasteiger partial charge in [0.15, 0.2) is 11.5 Å². The third kappa shape index (κ3) is 3.64. The van der Waals surface area contributed by atoms with E-state index in [0.717, 1.165) is 37.1 Å². The molecule has 3 heteroatoms. The third-order valence-electron chi connectivity index (χ3n) is 3.09. The monoisotopic (exact) mass is 249 g/mol. The van der Waals surface area contributed by atoms with E-state index in [1.165, 1.54) is 18.4 Å². The standard InChI is InChI=1S/C15H23NO2/c1-3-16-10-13-6-5-7-14(17-4-2)15(13)18-11-12-8-9-12/h5-7,12,16H,3-4,8-11H2,1-2H3. The lowest BCUT2D eigenvalue weighted by Gasteiger charge is -2.16. The van der Waals surface area contributed by atoms with Crippen LogP contribution in [0, 0.1) is 5.92 Å². The first-order valence-corrected chi connectivity index (χ1v) is 6.93. The summed E-state index contributed by atoms with van der Waals surface area (Å²) in [6.45, 7) is 7.39. The molecule has 100 valence electrons. The van der Waals surface area contributed by atoms with E-state index in [-0.39, 0.29) is 0 Å². The molecule has 1 aromatic rings. The molecule has 1 aromatic carbocycles. The van der Waals surface area contributed by atoms with E-state index in [4.69, 9.17) is 9.47 Å². The SMILES string of the molecule is CCNCc1cccc(OCC)c1OCC1CC1. The van der Waals surface area contributed by atoms with Gasteiger partial charge in [-0.3, -0.25) is 0 Å². The summed E-state index contributed by atoms with van der Waals surface area (Å²) >= 11 is 0. The van der Waals surface area contributed by atoms with Gasteiger partial charge in [-0.15, -0.1) is 0 Å². The Morgan fingerprint density at radius 2 is 2.06 bits per heavy atom. The van der Waals surface area contributed by atoms with Crippen LogP contribution < -0.4 is 14.8 Å². The summed E-state index contributed by atoms with van der Waals surface area (Å²) in [5.41, 5.74) is 1.18. The number of rotatable bonds is 8. The number of benzene rings is 1. The van der Waals surface area contributed by atoms with E-state index in [1.807, 2.05) is 19.1 Å². The second kappa shape index (κ2) is 6.64. The highest BCUT2D eigenvalue weighted by atomic mass is 16.5. The van der Waals surface area contributed by atoms with Crippen molar-refractivity contribution in [3.05, 3.63) is 23.8 Å². The van der Waals surface area contributed by atoms with Crippen molar-refractivity contribution in [1.82, 2.24) is 5.32 Å². The first-order chi connectivity index (χ1) is 8.85. The molecule has 0 amide bonds. The highest BCUT2D eigenvalue weighted by Crippen LogP contribution is 2.35. The Morgan fingerprint density at radius 3 is 2.72 bits per heavy atom. The summed E-state index contributed by atoms with van der Waals surface area (Å²) in [6.07, 6.45) is 2.61. The van der Waals surface area contributed by atoms with Gasteiger partial charge in [0.25, 0.3) is 0 Å². The summed E-state index contributed by atoms with van der Waals surface area (Å²) in [7, 11) is 0. The van der Waals surface area contributed by atoms with Gasteiger partial charge in [0, 0.05) is 12.1 Å². The molecule has 0 saturated heterocycles. The Kier molecular flexibility index (Phi) is 4.88. The minimum Gasteiger partial charge on any atom is -0.490 e. The molecule has 1 aliphatic rings. The molecule has 0 atom stereocenters. The van der Waals surface area contributed by atoms with Gasteiger partial charge < -0.3 is 14.8 Å². The van der Waals surface area contributed by atoms with Crippen LogP contribution in [0.2, 0.25) is 0 Å². The Labute approximate surface area is 109 Å². The number of hydrogen-bond acceptors (Lipinski definition) is 3. The molecule has 0 aromatic heterocycles. The number of nitrogens with one attached hydrogen (secondary N) is 1. The minimum absolute atomic E-state index is 0.671. The zero-order valence-corrected chi connectivity index (χ0v) is 11.4. The van der Waals surface area contributed by atoms with Gasteiger partial charge in [-0.1, -0.05) is 19.1 Å². The fourth-order valence-electron chi connectivity index (χ4n) is 1.88. The van der Waals surface area contributed by atoms with Crippen molar-refractivity contribution in [2.45, 2.75) is 33.2 Å². The molecule has 0 bridgehead atoms. The smallest absolute Gasteiger partial charge is 0.165 e. The zero-order chi connectivity index (χ0) is 12.8. The highest BCUT2D eigenvalue weighted by Gasteiger charge is 2.23. The average Bonchev–Trinajstić information content (AvgIpc) is 3.19. The van der Waals surface area contributed by atoms with E-state index in [0.29, 0.717) is 6.61 Å². The molecule has 0 heterocycles. The molecular formula is C15H23NO2. The van der Waals surface area contributed by atoms with Crippen LogP contribution in [-0.4, -0.2) is 19.8 Å². The lowest BCUT2D eigenvalue weighted by Crippen LogP contribution is -2.14. The van der Waals surface area contributed by atoms with E-state index >= 15 is 0 Å². The van der Waals surface area contributed by atoms with Crippen LogP contribution in [0.3, 0.4) is 0 Å². The van der Waals surface area contributed by atoms with Crippen LogP contribution in [0.15, 0.2) is 18.2 Å². The Morgan fingerprint density at radius 1 is 1.22 bits per heavy atom. The molecule has 1 N–H and O–H groups in total. The van der Waals surface area contributed by atoms with Crippen molar-refractivity contribution in [3.63, 3.8) is 0 Å². The molecule has 18 heavy (non-hydrogen) atoms.